The van der Waals surface area contributed by atoms with Crippen LogP contribution in [0.5, 0.6) is 11.6 Å². The first-order chi connectivity index (χ1) is 13.5. The third kappa shape index (κ3) is 4.93. The molecule has 0 amide bonds. The molecule has 0 radical (unpaired) electrons. The Labute approximate surface area is 170 Å². The van der Waals surface area contributed by atoms with Crippen molar-refractivity contribution in [2.45, 2.75) is 58.5 Å². The first-order valence-corrected chi connectivity index (χ1v) is 10.0. The second-order valence-corrected chi connectivity index (χ2v) is 7.47. The van der Waals surface area contributed by atoms with E-state index in [1.165, 1.54) is 0 Å². The van der Waals surface area contributed by atoms with Crippen LogP contribution in [0.2, 0.25) is 5.02 Å². The zero-order valence-corrected chi connectivity index (χ0v) is 17.2. The average Bonchev–Trinajstić information content (AvgIpc) is 3.16. The van der Waals surface area contributed by atoms with E-state index in [0.29, 0.717) is 16.5 Å². The number of hydrogen-bond acceptors (Lipinski definition) is 6. The van der Waals surface area contributed by atoms with Gasteiger partial charge >= 0.3 is 6.16 Å². The van der Waals surface area contributed by atoms with E-state index < -0.39 is 6.16 Å². The summed E-state index contributed by atoms with van der Waals surface area (Å²) in [6.45, 7) is 5.90. The van der Waals surface area contributed by atoms with Crippen LogP contribution in [0.25, 0.3) is 11.4 Å². The number of nitrogens with zero attached hydrogens (tertiary/aromatic N) is 2. The minimum Gasteiger partial charge on any atom is -0.472 e. The lowest BCUT2D eigenvalue weighted by Gasteiger charge is -2.19. The molecule has 7 heteroatoms. The van der Waals surface area contributed by atoms with Crippen LogP contribution in [0, 0.1) is 0 Å². The van der Waals surface area contributed by atoms with Gasteiger partial charge in [0.1, 0.15) is 6.10 Å². The second-order valence-electron chi connectivity index (χ2n) is 7.04. The fraction of sp³-hybridized carbons (Fsp3) is 0.476. The van der Waals surface area contributed by atoms with E-state index in [2.05, 4.69) is 9.97 Å². The number of carbonyl (C=O) groups excluding carboxylic acids is 1. The van der Waals surface area contributed by atoms with Gasteiger partial charge in [-0.25, -0.2) is 9.78 Å². The molecule has 1 heterocycles. The van der Waals surface area contributed by atoms with Gasteiger partial charge in [0.15, 0.2) is 5.82 Å². The van der Waals surface area contributed by atoms with E-state index in [9.17, 15) is 4.79 Å². The normalized spacial score (nSPS) is 14.3. The van der Waals surface area contributed by atoms with E-state index in [1.54, 1.807) is 19.1 Å². The lowest BCUT2D eigenvalue weighted by atomic mass is 10.1. The van der Waals surface area contributed by atoms with Gasteiger partial charge in [-0.3, -0.25) is 0 Å². The minimum absolute atomic E-state index is 0.00981. The highest BCUT2D eigenvalue weighted by atomic mass is 35.5. The summed E-state index contributed by atoms with van der Waals surface area (Å²) in [4.78, 5) is 21.2. The van der Waals surface area contributed by atoms with Gasteiger partial charge in [0.25, 0.3) is 5.88 Å². The highest BCUT2D eigenvalue weighted by molar-refractivity contribution is 6.30. The molecule has 1 aromatic heterocycles. The fourth-order valence-electron chi connectivity index (χ4n) is 3.14. The fourth-order valence-corrected chi connectivity index (χ4v) is 3.26. The minimum atomic E-state index is -0.788. The lowest BCUT2D eigenvalue weighted by Crippen LogP contribution is -2.18. The van der Waals surface area contributed by atoms with E-state index in [-0.39, 0.29) is 30.3 Å². The third-order valence-corrected chi connectivity index (χ3v) is 4.79. The molecule has 0 saturated heterocycles. The van der Waals surface area contributed by atoms with Crippen LogP contribution in [0.1, 0.15) is 58.1 Å². The van der Waals surface area contributed by atoms with Crippen molar-refractivity contribution in [2.24, 2.45) is 0 Å². The van der Waals surface area contributed by atoms with Gasteiger partial charge < -0.3 is 14.2 Å². The summed E-state index contributed by atoms with van der Waals surface area (Å²) in [5.41, 5.74) is 1.41. The standard InChI is InChI=1S/C21H25ClN2O4/c1-4-26-21(25)28-18-17(13(2)3)23-19(14-9-11-15(22)12-10-14)24-20(18)27-16-7-5-6-8-16/h9-13,16H,4-8H2,1-3H3. The molecule has 0 N–H and O–H groups in total. The average molecular weight is 405 g/mol. The zero-order valence-electron chi connectivity index (χ0n) is 16.4. The summed E-state index contributed by atoms with van der Waals surface area (Å²) >= 11 is 6.00. The Morgan fingerprint density at radius 1 is 1.18 bits per heavy atom. The van der Waals surface area contributed by atoms with Crippen molar-refractivity contribution < 1.29 is 19.0 Å². The molecule has 2 aromatic rings. The number of rotatable bonds is 6. The smallest absolute Gasteiger partial charge is 0.472 e. The number of hydrogen-bond donors (Lipinski definition) is 0. The third-order valence-electron chi connectivity index (χ3n) is 4.54. The van der Waals surface area contributed by atoms with E-state index >= 15 is 0 Å². The van der Waals surface area contributed by atoms with Crippen LogP contribution in [-0.2, 0) is 4.74 Å². The summed E-state index contributed by atoms with van der Waals surface area (Å²) < 4.78 is 16.6. The molecule has 150 valence electrons. The number of carbonyl (C=O) groups is 1. The topological polar surface area (TPSA) is 70.5 Å². The molecule has 0 spiro atoms. The molecule has 3 rings (SSSR count). The van der Waals surface area contributed by atoms with Crippen molar-refractivity contribution in [3.05, 3.63) is 35.0 Å². The Balaban J connectivity index is 2.06. The summed E-state index contributed by atoms with van der Waals surface area (Å²) in [6.07, 6.45) is 3.41. The van der Waals surface area contributed by atoms with Gasteiger partial charge in [0.2, 0.25) is 5.75 Å². The van der Waals surface area contributed by atoms with Gasteiger partial charge in [0, 0.05) is 10.6 Å². The molecule has 1 fully saturated rings. The molecule has 6 nitrogen and oxygen atoms in total. The SMILES string of the molecule is CCOC(=O)Oc1c(OC2CCCC2)nc(-c2ccc(Cl)cc2)nc1C(C)C. The second kappa shape index (κ2) is 9.24. The summed E-state index contributed by atoms with van der Waals surface area (Å²) in [5.74, 6) is 1.01. The quantitative estimate of drug-likeness (QED) is 0.568. The molecule has 0 atom stereocenters. The number of halogens is 1. The largest absolute Gasteiger partial charge is 0.514 e. The number of aromatic nitrogens is 2. The Morgan fingerprint density at radius 2 is 1.86 bits per heavy atom. The van der Waals surface area contributed by atoms with Crippen LogP contribution >= 0.6 is 11.6 Å². The van der Waals surface area contributed by atoms with E-state index in [0.717, 1.165) is 31.2 Å². The van der Waals surface area contributed by atoms with Crippen molar-refractivity contribution in [1.29, 1.82) is 0 Å². The molecule has 1 saturated carbocycles. The maximum absolute atomic E-state index is 12.0. The number of ether oxygens (including phenoxy) is 3. The Bertz CT molecular complexity index is 818. The van der Waals surface area contributed by atoms with Gasteiger partial charge in [0.05, 0.1) is 12.3 Å². The highest BCUT2D eigenvalue weighted by Gasteiger charge is 2.26. The van der Waals surface area contributed by atoms with Crippen molar-refractivity contribution >= 4 is 17.8 Å². The Morgan fingerprint density at radius 3 is 2.46 bits per heavy atom. The molecular weight excluding hydrogens is 380 g/mol. The summed E-state index contributed by atoms with van der Waals surface area (Å²) in [6, 6.07) is 7.28. The molecule has 0 bridgehead atoms. The zero-order chi connectivity index (χ0) is 20.1. The first-order valence-electron chi connectivity index (χ1n) is 9.67. The summed E-state index contributed by atoms with van der Waals surface area (Å²) in [5, 5.41) is 0.637. The van der Waals surface area contributed by atoms with Gasteiger partial charge in [-0.05, 0) is 62.8 Å². The molecule has 1 aliphatic carbocycles. The highest BCUT2D eigenvalue weighted by Crippen LogP contribution is 2.37. The molecule has 0 aliphatic heterocycles. The van der Waals surface area contributed by atoms with Gasteiger partial charge in [-0.1, -0.05) is 25.4 Å². The van der Waals surface area contributed by atoms with Crippen LogP contribution in [-0.4, -0.2) is 28.8 Å². The maximum Gasteiger partial charge on any atom is 0.514 e. The monoisotopic (exact) mass is 404 g/mol. The molecule has 1 aliphatic rings. The molecule has 1 aromatic carbocycles. The maximum atomic E-state index is 12.0. The van der Waals surface area contributed by atoms with Gasteiger partial charge in [-0.15, -0.1) is 0 Å². The molecule has 28 heavy (non-hydrogen) atoms. The Hall–Kier alpha value is -2.34. The molecule has 0 unspecified atom stereocenters. The first kappa shape index (κ1) is 20.4. The van der Waals surface area contributed by atoms with Crippen LogP contribution in [0.15, 0.2) is 24.3 Å². The summed E-state index contributed by atoms with van der Waals surface area (Å²) in [7, 11) is 0. The van der Waals surface area contributed by atoms with Crippen molar-refractivity contribution in [2.75, 3.05) is 6.61 Å². The van der Waals surface area contributed by atoms with Crippen molar-refractivity contribution in [3.63, 3.8) is 0 Å². The predicted octanol–water partition coefficient (Wildman–Crippen LogP) is 5.78. The molecular formula is C21H25ClN2O4. The van der Waals surface area contributed by atoms with Crippen LogP contribution in [0.3, 0.4) is 0 Å². The predicted molar refractivity (Wildman–Crippen MR) is 107 cm³/mol. The van der Waals surface area contributed by atoms with Crippen LogP contribution < -0.4 is 9.47 Å². The van der Waals surface area contributed by atoms with E-state index in [4.69, 9.17) is 25.8 Å². The Kier molecular flexibility index (Phi) is 6.73. The van der Waals surface area contributed by atoms with Crippen molar-refractivity contribution in [3.8, 4) is 23.0 Å². The van der Waals surface area contributed by atoms with E-state index in [1.807, 2.05) is 26.0 Å². The number of benzene rings is 1. The van der Waals surface area contributed by atoms with Gasteiger partial charge in [-0.2, -0.15) is 4.98 Å². The van der Waals surface area contributed by atoms with Crippen molar-refractivity contribution in [1.82, 2.24) is 9.97 Å². The lowest BCUT2D eigenvalue weighted by molar-refractivity contribution is 0.0995. The van der Waals surface area contributed by atoms with Crippen LogP contribution in [0.4, 0.5) is 4.79 Å².